The molecule has 2 aromatic rings. The number of benzene rings is 1. The molecular formula is C25H41N5O5. The number of nitrogens with zero attached hydrogens (tertiary/aromatic N) is 2. The number of aryl methyl sites for hydroxylation is 1. The Labute approximate surface area is 207 Å². The first-order valence-electron chi connectivity index (χ1n) is 12.0. The molecule has 196 valence electrons. The van der Waals surface area contributed by atoms with Crippen LogP contribution in [0.25, 0.3) is 11.0 Å². The van der Waals surface area contributed by atoms with Crippen molar-refractivity contribution < 1.29 is 19.1 Å². The summed E-state index contributed by atoms with van der Waals surface area (Å²) in [5, 5.41) is 5.21. The molecule has 0 unspecified atom stereocenters. The van der Waals surface area contributed by atoms with Crippen molar-refractivity contribution in [1.29, 1.82) is 0 Å². The highest BCUT2D eigenvalue weighted by molar-refractivity contribution is 5.90. The van der Waals surface area contributed by atoms with Gasteiger partial charge in [-0.05, 0) is 30.9 Å². The first-order chi connectivity index (χ1) is 16.5. The summed E-state index contributed by atoms with van der Waals surface area (Å²) in [6, 6.07) is 5.87. The Morgan fingerprint density at radius 1 is 1.09 bits per heavy atom. The van der Waals surface area contributed by atoms with Gasteiger partial charge in [0.25, 0.3) is 0 Å². The fourth-order valence-electron chi connectivity index (χ4n) is 3.44. The molecule has 2 rings (SSSR count). The van der Waals surface area contributed by atoms with E-state index in [9.17, 15) is 19.2 Å². The zero-order valence-corrected chi connectivity index (χ0v) is 21.8. The molecule has 1 atom stereocenters. The van der Waals surface area contributed by atoms with Crippen LogP contribution in [0.3, 0.4) is 0 Å². The molecule has 0 radical (unpaired) electrons. The zero-order chi connectivity index (χ0) is 26.6. The van der Waals surface area contributed by atoms with Gasteiger partial charge < -0.3 is 21.1 Å². The van der Waals surface area contributed by atoms with Gasteiger partial charge in [0.1, 0.15) is 0 Å². The number of fused-ring (bicyclic) bond motifs is 1. The quantitative estimate of drug-likeness (QED) is 0.439. The molecule has 3 amide bonds. The molecule has 0 aliphatic rings. The van der Waals surface area contributed by atoms with Gasteiger partial charge in [-0.2, -0.15) is 0 Å². The second kappa shape index (κ2) is 14.3. The second-order valence-electron chi connectivity index (χ2n) is 9.37. The van der Waals surface area contributed by atoms with Gasteiger partial charge in [0, 0.05) is 32.7 Å². The van der Waals surface area contributed by atoms with Crippen LogP contribution in [0.4, 0.5) is 4.79 Å². The maximum absolute atomic E-state index is 12.9. The van der Waals surface area contributed by atoms with Crippen LogP contribution in [0.2, 0.25) is 0 Å². The molecule has 10 heteroatoms. The Hall–Kier alpha value is -3.14. The number of nitrogens with one attached hydrogen (secondary N) is 2. The van der Waals surface area contributed by atoms with Crippen molar-refractivity contribution >= 4 is 28.9 Å². The van der Waals surface area contributed by atoms with Gasteiger partial charge in [-0.15, -0.1) is 0 Å². The Bertz CT molecular complexity index is 1030. The smallest absolute Gasteiger partial charge is 0.337 e. The Morgan fingerprint density at radius 2 is 1.71 bits per heavy atom. The molecule has 0 aliphatic carbocycles. The standard InChI is InChI=1S/C19H27N5O4.C6H14O/c1-5-23-12-8-6-7-9-13(12)24(18(23)28)17(27)22-14(19(2,3)4)10-16(26)21-11-15(20)25;1-3-4-5-6-7-2/h6-9,14H,5,10-11H2,1-4H3,(H2,20,25)(H,21,26)(H,22,27);3-6H2,1-2H3/t14-;/m1./s1. The highest BCUT2D eigenvalue weighted by Crippen LogP contribution is 2.22. The molecule has 35 heavy (non-hydrogen) atoms. The van der Waals surface area contributed by atoms with Crippen LogP contribution in [-0.4, -0.2) is 53.3 Å². The topological polar surface area (TPSA) is 137 Å². The van der Waals surface area contributed by atoms with E-state index in [4.69, 9.17) is 10.5 Å². The zero-order valence-electron chi connectivity index (χ0n) is 21.8. The summed E-state index contributed by atoms with van der Waals surface area (Å²) in [5.41, 5.74) is 5.29. The monoisotopic (exact) mass is 491 g/mol. The predicted molar refractivity (Wildman–Crippen MR) is 137 cm³/mol. The molecule has 0 spiro atoms. The molecule has 0 saturated heterocycles. The van der Waals surface area contributed by atoms with Crippen LogP contribution in [0.1, 0.15) is 60.3 Å². The number of unbranched alkanes of at least 4 members (excludes halogenated alkanes) is 2. The van der Waals surface area contributed by atoms with Gasteiger partial charge in [-0.1, -0.05) is 52.7 Å². The maximum atomic E-state index is 12.9. The van der Waals surface area contributed by atoms with Gasteiger partial charge in [0.2, 0.25) is 11.8 Å². The van der Waals surface area contributed by atoms with Gasteiger partial charge in [-0.3, -0.25) is 14.2 Å². The lowest BCUT2D eigenvalue weighted by Crippen LogP contribution is -2.50. The SMILES string of the molecule is CCCCCOC.CCn1c(=O)n(C(=O)N[C@H](CC(=O)NCC(N)=O)C(C)(C)C)c2ccccc21. The Morgan fingerprint density at radius 3 is 2.23 bits per heavy atom. The van der Waals surface area contributed by atoms with E-state index in [2.05, 4.69) is 17.6 Å². The van der Waals surface area contributed by atoms with Crippen molar-refractivity contribution in [2.24, 2.45) is 11.1 Å². The van der Waals surface area contributed by atoms with Crippen molar-refractivity contribution in [2.75, 3.05) is 20.3 Å². The number of ether oxygens (including phenoxy) is 1. The lowest BCUT2D eigenvalue weighted by molar-refractivity contribution is -0.125. The van der Waals surface area contributed by atoms with Gasteiger partial charge in [0.05, 0.1) is 17.6 Å². The summed E-state index contributed by atoms with van der Waals surface area (Å²) in [7, 11) is 1.75. The molecule has 1 aromatic heterocycles. The van der Waals surface area contributed by atoms with Crippen LogP contribution in [-0.2, 0) is 20.9 Å². The molecule has 0 fully saturated rings. The third-order valence-corrected chi connectivity index (χ3v) is 5.50. The summed E-state index contributed by atoms with van der Waals surface area (Å²) in [4.78, 5) is 48.6. The third kappa shape index (κ3) is 9.20. The van der Waals surface area contributed by atoms with Gasteiger partial charge in [0.15, 0.2) is 0 Å². The largest absolute Gasteiger partial charge is 0.385 e. The number of hydrogen-bond donors (Lipinski definition) is 3. The molecule has 0 bridgehead atoms. The lowest BCUT2D eigenvalue weighted by Gasteiger charge is -2.31. The van der Waals surface area contributed by atoms with Crippen LogP contribution in [0.5, 0.6) is 0 Å². The normalized spacial score (nSPS) is 11.9. The maximum Gasteiger partial charge on any atom is 0.337 e. The predicted octanol–water partition coefficient (Wildman–Crippen LogP) is 2.61. The fourth-order valence-corrected chi connectivity index (χ4v) is 3.44. The fraction of sp³-hybridized carbons (Fsp3) is 0.600. The number of hydrogen-bond acceptors (Lipinski definition) is 5. The van der Waals surface area contributed by atoms with E-state index in [1.54, 1.807) is 31.4 Å². The van der Waals surface area contributed by atoms with E-state index >= 15 is 0 Å². The van der Waals surface area contributed by atoms with Crippen LogP contribution >= 0.6 is 0 Å². The number of para-hydroxylation sites is 2. The minimum absolute atomic E-state index is 0.0519. The summed E-state index contributed by atoms with van der Waals surface area (Å²) in [6.07, 6.45) is 3.74. The summed E-state index contributed by atoms with van der Waals surface area (Å²) >= 11 is 0. The molecule has 0 saturated carbocycles. The third-order valence-electron chi connectivity index (χ3n) is 5.50. The van der Waals surface area contributed by atoms with E-state index in [-0.39, 0.29) is 13.0 Å². The number of nitrogens with two attached hydrogens (primary N) is 1. The number of amides is 3. The second-order valence-corrected chi connectivity index (χ2v) is 9.37. The van der Waals surface area contributed by atoms with Crippen molar-refractivity contribution in [1.82, 2.24) is 19.8 Å². The molecule has 4 N–H and O–H groups in total. The number of carbonyl (C=O) groups is 3. The van der Waals surface area contributed by atoms with Gasteiger partial charge in [-0.25, -0.2) is 14.2 Å². The van der Waals surface area contributed by atoms with Crippen molar-refractivity contribution in [3.63, 3.8) is 0 Å². The summed E-state index contributed by atoms with van der Waals surface area (Å²) < 4.78 is 7.44. The van der Waals surface area contributed by atoms with Crippen molar-refractivity contribution in [2.45, 2.75) is 72.9 Å². The number of imidazole rings is 1. The lowest BCUT2D eigenvalue weighted by atomic mass is 9.84. The molecule has 10 nitrogen and oxygen atoms in total. The number of rotatable bonds is 10. The highest BCUT2D eigenvalue weighted by Gasteiger charge is 2.30. The van der Waals surface area contributed by atoms with E-state index < -0.39 is 35.0 Å². The van der Waals surface area contributed by atoms with E-state index in [1.807, 2.05) is 27.7 Å². The average molecular weight is 492 g/mol. The van der Waals surface area contributed by atoms with Crippen molar-refractivity contribution in [3.8, 4) is 0 Å². The average Bonchev–Trinajstić information content (AvgIpc) is 3.08. The molecular weight excluding hydrogens is 450 g/mol. The number of primary amides is 1. The van der Waals surface area contributed by atoms with E-state index in [1.165, 1.54) is 23.8 Å². The van der Waals surface area contributed by atoms with Crippen LogP contribution in [0.15, 0.2) is 29.1 Å². The summed E-state index contributed by atoms with van der Waals surface area (Å²) in [6.45, 7) is 10.7. The molecule has 0 aliphatic heterocycles. The first kappa shape index (κ1) is 29.9. The summed E-state index contributed by atoms with van der Waals surface area (Å²) in [5.74, 6) is -1.06. The number of carbonyl (C=O) groups excluding carboxylic acids is 3. The van der Waals surface area contributed by atoms with E-state index in [0.717, 1.165) is 11.2 Å². The first-order valence-corrected chi connectivity index (χ1v) is 12.0. The van der Waals surface area contributed by atoms with Crippen LogP contribution in [0, 0.1) is 5.41 Å². The number of aromatic nitrogens is 2. The molecule has 1 aromatic carbocycles. The Kier molecular flexibility index (Phi) is 12.2. The highest BCUT2D eigenvalue weighted by atomic mass is 16.5. The number of methoxy groups -OCH3 is 1. The Balaban J connectivity index is 0.000000762. The van der Waals surface area contributed by atoms with Gasteiger partial charge >= 0.3 is 11.7 Å². The minimum Gasteiger partial charge on any atom is -0.385 e. The van der Waals surface area contributed by atoms with Crippen LogP contribution < -0.4 is 22.1 Å². The van der Waals surface area contributed by atoms with Crippen molar-refractivity contribution in [3.05, 3.63) is 34.7 Å². The van der Waals surface area contributed by atoms with E-state index in [0.29, 0.717) is 17.6 Å². The molecule has 1 heterocycles. The minimum atomic E-state index is -0.649.